The molecule has 3 aromatic rings. The van der Waals surface area contributed by atoms with Gasteiger partial charge in [0, 0.05) is 0 Å². The average molecular weight is 251 g/mol. The summed E-state index contributed by atoms with van der Waals surface area (Å²) in [5.74, 6) is 0.576. The van der Waals surface area contributed by atoms with Crippen molar-refractivity contribution in [1.82, 2.24) is 9.55 Å². The molecule has 19 heavy (non-hydrogen) atoms. The zero-order chi connectivity index (χ0) is 13.4. The van der Waals surface area contributed by atoms with Crippen LogP contribution in [0.4, 0.5) is 5.95 Å². The van der Waals surface area contributed by atoms with Gasteiger partial charge < -0.3 is 10.3 Å². The van der Waals surface area contributed by atoms with Crippen LogP contribution in [0.15, 0.2) is 42.5 Å². The van der Waals surface area contributed by atoms with Gasteiger partial charge in [-0.2, -0.15) is 0 Å². The van der Waals surface area contributed by atoms with Gasteiger partial charge in [-0.3, -0.25) is 0 Å². The summed E-state index contributed by atoms with van der Waals surface area (Å²) in [6.45, 7) is 4.98. The fourth-order valence-corrected chi connectivity index (χ4v) is 2.50. The van der Waals surface area contributed by atoms with E-state index in [1.807, 2.05) is 12.1 Å². The molecule has 3 rings (SSSR count). The first-order valence-corrected chi connectivity index (χ1v) is 6.42. The molecule has 0 aliphatic heterocycles. The molecule has 0 atom stereocenters. The third-order valence-electron chi connectivity index (χ3n) is 3.59. The van der Waals surface area contributed by atoms with Gasteiger partial charge in [0.2, 0.25) is 5.95 Å². The summed E-state index contributed by atoms with van der Waals surface area (Å²) in [5.41, 5.74) is 11.9. The average Bonchev–Trinajstić information content (AvgIpc) is 2.70. The minimum Gasteiger partial charge on any atom is -0.369 e. The number of nitrogens with zero attached hydrogens (tertiary/aromatic N) is 2. The molecular weight excluding hydrogens is 234 g/mol. The number of hydrogen-bond donors (Lipinski definition) is 1. The van der Waals surface area contributed by atoms with Crippen molar-refractivity contribution in [3.8, 4) is 0 Å². The Kier molecular flexibility index (Phi) is 2.75. The van der Waals surface area contributed by atoms with E-state index in [1.165, 1.54) is 16.7 Å². The van der Waals surface area contributed by atoms with Crippen LogP contribution in [0.2, 0.25) is 0 Å². The molecule has 0 fully saturated rings. The number of aryl methyl sites for hydroxylation is 2. The summed E-state index contributed by atoms with van der Waals surface area (Å²) < 4.78 is 2.09. The molecule has 0 amide bonds. The van der Waals surface area contributed by atoms with Gasteiger partial charge in [-0.25, -0.2) is 4.98 Å². The van der Waals surface area contributed by atoms with E-state index >= 15 is 0 Å². The maximum Gasteiger partial charge on any atom is 0.201 e. The summed E-state index contributed by atoms with van der Waals surface area (Å²) in [7, 11) is 0. The second kappa shape index (κ2) is 4.43. The largest absolute Gasteiger partial charge is 0.369 e. The van der Waals surface area contributed by atoms with Crippen LogP contribution < -0.4 is 5.73 Å². The van der Waals surface area contributed by atoms with E-state index in [0.29, 0.717) is 5.95 Å². The van der Waals surface area contributed by atoms with E-state index in [9.17, 15) is 0 Å². The Balaban J connectivity index is 2.16. The second-order valence-electron chi connectivity index (χ2n) is 4.93. The van der Waals surface area contributed by atoms with Crippen LogP contribution >= 0.6 is 0 Å². The number of nitrogens with two attached hydrogens (primary N) is 1. The van der Waals surface area contributed by atoms with Crippen LogP contribution in [-0.2, 0) is 6.54 Å². The number of rotatable bonds is 2. The van der Waals surface area contributed by atoms with Crippen LogP contribution in [0.1, 0.15) is 16.7 Å². The lowest BCUT2D eigenvalue weighted by atomic mass is 10.1. The van der Waals surface area contributed by atoms with Crippen molar-refractivity contribution in [2.24, 2.45) is 0 Å². The molecule has 1 heterocycles. The fraction of sp³-hybridized carbons (Fsp3) is 0.188. The molecule has 0 aliphatic rings. The van der Waals surface area contributed by atoms with Crippen LogP contribution in [-0.4, -0.2) is 9.55 Å². The Labute approximate surface area is 112 Å². The van der Waals surface area contributed by atoms with E-state index in [-0.39, 0.29) is 0 Å². The smallest absolute Gasteiger partial charge is 0.201 e. The van der Waals surface area contributed by atoms with Gasteiger partial charge >= 0.3 is 0 Å². The van der Waals surface area contributed by atoms with Crippen molar-refractivity contribution < 1.29 is 0 Å². The number of para-hydroxylation sites is 1. The van der Waals surface area contributed by atoms with E-state index in [4.69, 9.17) is 5.73 Å². The Morgan fingerprint density at radius 1 is 1.00 bits per heavy atom. The first-order chi connectivity index (χ1) is 9.16. The van der Waals surface area contributed by atoms with E-state index in [0.717, 1.165) is 17.6 Å². The third kappa shape index (κ3) is 1.97. The summed E-state index contributed by atoms with van der Waals surface area (Å²) in [6, 6.07) is 14.5. The SMILES string of the molecule is Cc1ccccc1Cn1c(N)nc2cccc(C)c21. The van der Waals surface area contributed by atoms with Crippen molar-refractivity contribution in [3.05, 3.63) is 59.2 Å². The quantitative estimate of drug-likeness (QED) is 0.759. The topological polar surface area (TPSA) is 43.8 Å². The van der Waals surface area contributed by atoms with E-state index in [2.05, 4.69) is 53.7 Å². The summed E-state index contributed by atoms with van der Waals surface area (Å²) in [4.78, 5) is 4.44. The van der Waals surface area contributed by atoms with E-state index in [1.54, 1.807) is 0 Å². The Bertz CT molecular complexity index is 741. The van der Waals surface area contributed by atoms with Crippen molar-refractivity contribution in [2.75, 3.05) is 5.73 Å². The van der Waals surface area contributed by atoms with Crippen molar-refractivity contribution in [1.29, 1.82) is 0 Å². The lowest BCUT2D eigenvalue weighted by Crippen LogP contribution is -2.06. The fourth-order valence-electron chi connectivity index (χ4n) is 2.50. The third-order valence-corrected chi connectivity index (χ3v) is 3.59. The van der Waals surface area contributed by atoms with Crippen LogP contribution in [0.25, 0.3) is 11.0 Å². The van der Waals surface area contributed by atoms with Gasteiger partial charge in [-0.1, -0.05) is 36.4 Å². The highest BCUT2D eigenvalue weighted by molar-refractivity contribution is 5.81. The molecular formula is C16H17N3. The van der Waals surface area contributed by atoms with Crippen molar-refractivity contribution in [2.45, 2.75) is 20.4 Å². The van der Waals surface area contributed by atoms with E-state index < -0.39 is 0 Å². The van der Waals surface area contributed by atoms with Crippen LogP contribution in [0, 0.1) is 13.8 Å². The number of fused-ring (bicyclic) bond motifs is 1. The molecule has 2 aromatic carbocycles. The molecule has 2 N–H and O–H groups in total. The summed E-state index contributed by atoms with van der Waals surface area (Å²) in [6.07, 6.45) is 0. The second-order valence-corrected chi connectivity index (χ2v) is 4.93. The van der Waals surface area contributed by atoms with Gasteiger partial charge in [0.25, 0.3) is 0 Å². The summed E-state index contributed by atoms with van der Waals surface area (Å²) >= 11 is 0. The number of benzene rings is 2. The lowest BCUT2D eigenvalue weighted by Gasteiger charge is -2.10. The number of imidazole rings is 1. The molecule has 0 bridgehead atoms. The molecule has 3 nitrogen and oxygen atoms in total. The molecule has 0 aliphatic carbocycles. The number of aromatic nitrogens is 2. The molecule has 0 saturated heterocycles. The van der Waals surface area contributed by atoms with Gasteiger partial charge in [0.05, 0.1) is 17.6 Å². The summed E-state index contributed by atoms with van der Waals surface area (Å²) in [5, 5.41) is 0. The number of nitrogen functional groups attached to an aromatic ring is 1. The first-order valence-electron chi connectivity index (χ1n) is 6.42. The molecule has 0 radical (unpaired) electrons. The normalized spacial score (nSPS) is 11.1. The predicted molar refractivity (Wildman–Crippen MR) is 79.2 cm³/mol. The molecule has 3 heteroatoms. The molecule has 1 aromatic heterocycles. The van der Waals surface area contributed by atoms with Crippen molar-refractivity contribution >= 4 is 17.0 Å². The Hall–Kier alpha value is -2.29. The Morgan fingerprint density at radius 2 is 1.74 bits per heavy atom. The highest BCUT2D eigenvalue weighted by atomic mass is 15.1. The Morgan fingerprint density at radius 3 is 2.53 bits per heavy atom. The lowest BCUT2D eigenvalue weighted by molar-refractivity contribution is 0.830. The highest BCUT2D eigenvalue weighted by Gasteiger charge is 2.11. The standard InChI is InChI=1S/C16H17N3/c1-11-6-3-4-8-13(11)10-19-15-12(2)7-5-9-14(15)18-16(19)17/h3-9H,10H2,1-2H3,(H2,17,18). The minimum absolute atomic E-state index is 0.576. The maximum absolute atomic E-state index is 6.07. The van der Waals surface area contributed by atoms with Gasteiger partial charge in [-0.15, -0.1) is 0 Å². The maximum atomic E-state index is 6.07. The molecule has 96 valence electrons. The van der Waals surface area contributed by atoms with Gasteiger partial charge in [0.15, 0.2) is 0 Å². The zero-order valence-electron chi connectivity index (χ0n) is 11.2. The number of anilines is 1. The van der Waals surface area contributed by atoms with Crippen LogP contribution in [0.3, 0.4) is 0 Å². The minimum atomic E-state index is 0.576. The molecule has 0 spiro atoms. The molecule has 0 unspecified atom stereocenters. The number of hydrogen-bond acceptors (Lipinski definition) is 2. The van der Waals surface area contributed by atoms with Gasteiger partial charge in [0.1, 0.15) is 0 Å². The first kappa shape index (κ1) is 11.8. The molecule has 0 saturated carbocycles. The predicted octanol–water partition coefficient (Wildman–Crippen LogP) is 3.28. The van der Waals surface area contributed by atoms with Gasteiger partial charge in [-0.05, 0) is 36.6 Å². The van der Waals surface area contributed by atoms with Crippen molar-refractivity contribution in [3.63, 3.8) is 0 Å². The zero-order valence-corrected chi connectivity index (χ0v) is 11.2. The monoisotopic (exact) mass is 251 g/mol. The van der Waals surface area contributed by atoms with Crippen LogP contribution in [0.5, 0.6) is 0 Å². The highest BCUT2D eigenvalue weighted by Crippen LogP contribution is 2.23.